The van der Waals surface area contributed by atoms with Crippen molar-refractivity contribution in [2.75, 3.05) is 13.2 Å². The lowest BCUT2D eigenvalue weighted by Gasteiger charge is -2.50. The fourth-order valence-electron chi connectivity index (χ4n) is 6.78. The minimum atomic E-state index is -0.332. The highest BCUT2D eigenvalue weighted by molar-refractivity contribution is 5.94. The van der Waals surface area contributed by atoms with Crippen molar-refractivity contribution in [1.29, 1.82) is 0 Å². The predicted octanol–water partition coefficient (Wildman–Crippen LogP) is 5.52. The summed E-state index contributed by atoms with van der Waals surface area (Å²) in [4.78, 5) is 16.8. The van der Waals surface area contributed by atoms with Crippen molar-refractivity contribution in [3.63, 3.8) is 0 Å². The molecule has 1 amide bonds. The van der Waals surface area contributed by atoms with Crippen molar-refractivity contribution in [3.8, 4) is 0 Å². The molecule has 2 N–H and O–H groups in total. The average molecular weight is 463 g/mol. The molecule has 0 aliphatic heterocycles. The van der Waals surface area contributed by atoms with Crippen LogP contribution >= 0.6 is 0 Å². The van der Waals surface area contributed by atoms with E-state index < -0.39 is 0 Å². The molecule has 1 heterocycles. The molecular formula is C29H35FN2O2. The molecule has 3 aliphatic rings. The van der Waals surface area contributed by atoms with E-state index in [1.54, 1.807) is 12.3 Å². The van der Waals surface area contributed by atoms with Gasteiger partial charge in [0.1, 0.15) is 5.82 Å². The smallest absolute Gasteiger partial charge is 0.251 e. The summed E-state index contributed by atoms with van der Waals surface area (Å²) < 4.78 is 13.9. The van der Waals surface area contributed by atoms with Crippen LogP contribution in [0.4, 0.5) is 4.39 Å². The van der Waals surface area contributed by atoms with Crippen molar-refractivity contribution < 1.29 is 14.3 Å². The Morgan fingerprint density at radius 1 is 1.26 bits per heavy atom. The van der Waals surface area contributed by atoms with E-state index in [0.29, 0.717) is 29.9 Å². The molecule has 4 atom stereocenters. The summed E-state index contributed by atoms with van der Waals surface area (Å²) >= 11 is 0. The molecule has 5 heteroatoms. The van der Waals surface area contributed by atoms with Crippen LogP contribution in [0.15, 0.2) is 42.7 Å². The molecule has 0 saturated heterocycles. The van der Waals surface area contributed by atoms with Gasteiger partial charge in [0, 0.05) is 30.3 Å². The molecule has 0 radical (unpaired) electrons. The van der Waals surface area contributed by atoms with E-state index in [4.69, 9.17) is 0 Å². The first-order valence-electron chi connectivity index (χ1n) is 12.6. The summed E-state index contributed by atoms with van der Waals surface area (Å²) in [5.41, 5.74) is 5.35. The van der Waals surface area contributed by atoms with E-state index in [1.165, 1.54) is 22.9 Å². The second-order valence-corrected chi connectivity index (χ2v) is 11.5. The molecule has 4 nitrogen and oxygen atoms in total. The Kier molecular flexibility index (Phi) is 5.87. The number of amides is 1. The van der Waals surface area contributed by atoms with Crippen molar-refractivity contribution in [2.45, 2.75) is 58.8 Å². The van der Waals surface area contributed by atoms with Gasteiger partial charge in [0.25, 0.3) is 5.91 Å². The van der Waals surface area contributed by atoms with Crippen molar-refractivity contribution >= 4 is 11.5 Å². The number of aliphatic hydroxyl groups is 1. The number of nitrogens with one attached hydrogen (secondary N) is 1. The number of aryl methyl sites for hydroxylation is 1. The van der Waals surface area contributed by atoms with Crippen molar-refractivity contribution in [2.24, 2.45) is 22.7 Å². The zero-order chi connectivity index (χ0) is 24.1. The van der Waals surface area contributed by atoms with Gasteiger partial charge in [-0.05, 0) is 95.7 Å². The zero-order valence-corrected chi connectivity index (χ0v) is 20.4. The number of aliphatic hydroxyl groups excluding tert-OH is 1. The molecule has 4 unspecified atom stereocenters. The highest BCUT2D eigenvalue weighted by atomic mass is 19.1. The van der Waals surface area contributed by atoms with Crippen LogP contribution in [0.1, 0.15) is 79.4 Å². The fourth-order valence-corrected chi connectivity index (χ4v) is 6.78. The standard InChI is InChI=1S/C29H35FN2O2/c1-28(2,17-33)16-32-27(34)19-5-6-22-18(12-19)4-7-24-23(22)10-11-29(3)25(8-9-26(24)29)20-13-21(30)15-31-14-20/h5-6,8,12-15,23-24,26,33H,4,7,9-11,16-17H2,1-3H3,(H,32,34). The topological polar surface area (TPSA) is 62.2 Å². The lowest BCUT2D eigenvalue weighted by molar-refractivity contribution is 0.0882. The van der Waals surface area contributed by atoms with Crippen LogP contribution < -0.4 is 5.32 Å². The number of hydrogen-bond donors (Lipinski definition) is 2. The highest BCUT2D eigenvalue weighted by Gasteiger charge is 2.52. The van der Waals surface area contributed by atoms with Gasteiger partial charge in [-0.25, -0.2) is 4.39 Å². The van der Waals surface area contributed by atoms with Gasteiger partial charge in [-0.15, -0.1) is 0 Å². The number of allylic oxidation sites excluding steroid dienone is 2. The molecule has 0 spiro atoms. The van der Waals surface area contributed by atoms with Crippen molar-refractivity contribution in [1.82, 2.24) is 10.3 Å². The Labute approximate surface area is 201 Å². The number of fused-ring (bicyclic) bond motifs is 5. The summed E-state index contributed by atoms with van der Waals surface area (Å²) in [6, 6.07) is 7.86. The van der Waals surface area contributed by atoms with Crippen LogP contribution in [-0.4, -0.2) is 29.1 Å². The van der Waals surface area contributed by atoms with Gasteiger partial charge in [0.05, 0.1) is 6.20 Å². The molecular weight excluding hydrogens is 427 g/mol. The molecule has 180 valence electrons. The first kappa shape index (κ1) is 23.2. The van der Waals surface area contributed by atoms with Crippen LogP contribution in [0.2, 0.25) is 0 Å². The summed E-state index contributed by atoms with van der Waals surface area (Å²) in [6.45, 7) is 6.72. The second-order valence-electron chi connectivity index (χ2n) is 11.5. The van der Waals surface area contributed by atoms with Gasteiger partial charge in [0.2, 0.25) is 0 Å². The van der Waals surface area contributed by atoms with Crippen LogP contribution in [0, 0.1) is 28.5 Å². The fraction of sp³-hybridized carbons (Fsp3) is 0.517. The SMILES string of the molecule is CC(C)(CO)CNC(=O)c1ccc2c(c1)CCC1C2CCC2(C)C(c3cncc(F)c3)=CCC12. The molecule has 1 fully saturated rings. The van der Waals surface area contributed by atoms with Gasteiger partial charge < -0.3 is 10.4 Å². The van der Waals surface area contributed by atoms with Gasteiger partial charge >= 0.3 is 0 Å². The van der Waals surface area contributed by atoms with Crippen LogP contribution in [0.5, 0.6) is 0 Å². The Morgan fingerprint density at radius 3 is 2.85 bits per heavy atom. The maximum atomic E-state index is 13.9. The zero-order valence-electron chi connectivity index (χ0n) is 20.4. The van der Waals surface area contributed by atoms with E-state index in [2.05, 4.69) is 35.4 Å². The number of aromatic nitrogens is 1. The number of rotatable bonds is 5. The number of pyridine rings is 1. The minimum absolute atomic E-state index is 0.0346. The molecule has 1 aromatic carbocycles. The summed E-state index contributed by atoms with van der Waals surface area (Å²) in [5, 5.41) is 12.4. The molecule has 1 aromatic heterocycles. The van der Waals surface area contributed by atoms with E-state index in [9.17, 15) is 14.3 Å². The van der Waals surface area contributed by atoms with Crippen molar-refractivity contribution in [3.05, 3.63) is 70.8 Å². The molecule has 0 bridgehead atoms. The Morgan fingerprint density at radius 2 is 2.09 bits per heavy atom. The van der Waals surface area contributed by atoms with Crippen LogP contribution in [-0.2, 0) is 6.42 Å². The largest absolute Gasteiger partial charge is 0.396 e. The van der Waals surface area contributed by atoms with E-state index in [1.807, 2.05) is 19.9 Å². The third-order valence-electron chi connectivity index (χ3n) is 8.74. The van der Waals surface area contributed by atoms with Crippen LogP contribution in [0.3, 0.4) is 0 Å². The number of carbonyl (C=O) groups excluding carboxylic acids is 1. The normalized spacial score (nSPS) is 27.9. The summed E-state index contributed by atoms with van der Waals surface area (Å²) in [7, 11) is 0. The number of benzene rings is 1. The number of nitrogens with zero attached hydrogens (tertiary/aromatic N) is 1. The molecule has 1 saturated carbocycles. The van der Waals surface area contributed by atoms with Gasteiger partial charge in [-0.3, -0.25) is 9.78 Å². The third kappa shape index (κ3) is 3.98. The quantitative estimate of drug-likeness (QED) is 0.615. The lowest BCUT2D eigenvalue weighted by Crippen LogP contribution is -2.41. The average Bonchev–Trinajstić information content (AvgIpc) is 3.19. The Hall–Kier alpha value is -2.53. The minimum Gasteiger partial charge on any atom is -0.396 e. The van der Waals surface area contributed by atoms with Gasteiger partial charge in [-0.2, -0.15) is 0 Å². The van der Waals surface area contributed by atoms with Gasteiger partial charge in [-0.1, -0.05) is 32.9 Å². The van der Waals surface area contributed by atoms with E-state index >= 15 is 0 Å². The molecule has 5 rings (SSSR count). The predicted molar refractivity (Wildman–Crippen MR) is 132 cm³/mol. The lowest BCUT2D eigenvalue weighted by atomic mass is 9.54. The first-order valence-corrected chi connectivity index (χ1v) is 12.6. The number of hydrogen-bond acceptors (Lipinski definition) is 3. The highest BCUT2D eigenvalue weighted by Crippen LogP contribution is 2.63. The second kappa shape index (κ2) is 8.60. The maximum Gasteiger partial charge on any atom is 0.251 e. The molecule has 2 aromatic rings. The van der Waals surface area contributed by atoms with Crippen LogP contribution in [0.25, 0.3) is 5.57 Å². The number of carbonyl (C=O) groups is 1. The number of halogens is 1. The van der Waals surface area contributed by atoms with E-state index in [0.717, 1.165) is 37.7 Å². The first-order chi connectivity index (χ1) is 16.2. The maximum absolute atomic E-state index is 13.9. The van der Waals surface area contributed by atoms with E-state index in [-0.39, 0.29) is 29.2 Å². The Balaban J connectivity index is 1.34. The summed E-state index contributed by atoms with van der Waals surface area (Å²) in [5.74, 6) is 1.33. The monoisotopic (exact) mass is 462 g/mol. The Bertz CT molecular complexity index is 1140. The molecule has 3 aliphatic carbocycles. The summed E-state index contributed by atoms with van der Waals surface area (Å²) in [6.07, 6.45) is 10.8. The third-order valence-corrected chi connectivity index (χ3v) is 8.74. The van der Waals surface area contributed by atoms with Gasteiger partial charge in [0.15, 0.2) is 0 Å². The molecule has 34 heavy (non-hydrogen) atoms.